The third kappa shape index (κ3) is 3.56. The predicted molar refractivity (Wildman–Crippen MR) is 98.5 cm³/mol. The van der Waals surface area contributed by atoms with Crippen LogP contribution < -0.4 is 0 Å². The SMILES string of the molecule is CC1=C(C)[C@@H](Cc2ccccc2)N([C@H](C)c2ccccc2)CC1. The Kier molecular flexibility index (Phi) is 4.97. The number of benzene rings is 2. The first-order valence-corrected chi connectivity index (χ1v) is 8.67. The van der Waals surface area contributed by atoms with E-state index in [4.69, 9.17) is 0 Å². The van der Waals surface area contributed by atoms with Gasteiger partial charge in [-0.2, -0.15) is 0 Å². The Labute approximate surface area is 140 Å². The van der Waals surface area contributed by atoms with Crippen LogP contribution in [0.15, 0.2) is 71.8 Å². The molecule has 1 aliphatic heterocycles. The summed E-state index contributed by atoms with van der Waals surface area (Å²) in [6.45, 7) is 8.13. The van der Waals surface area contributed by atoms with Crippen molar-refractivity contribution in [3.63, 3.8) is 0 Å². The van der Waals surface area contributed by atoms with E-state index in [1.807, 2.05) is 0 Å². The van der Waals surface area contributed by atoms with Crippen molar-refractivity contribution in [3.8, 4) is 0 Å². The van der Waals surface area contributed by atoms with Crippen LogP contribution in [0.5, 0.6) is 0 Å². The van der Waals surface area contributed by atoms with Gasteiger partial charge in [0.05, 0.1) is 0 Å². The molecule has 0 saturated heterocycles. The lowest BCUT2D eigenvalue weighted by Gasteiger charge is -2.41. The van der Waals surface area contributed by atoms with Crippen LogP contribution in [0.3, 0.4) is 0 Å². The van der Waals surface area contributed by atoms with E-state index >= 15 is 0 Å². The molecule has 3 rings (SSSR count). The van der Waals surface area contributed by atoms with E-state index in [9.17, 15) is 0 Å². The molecule has 0 aromatic heterocycles. The molecule has 0 bridgehead atoms. The Balaban J connectivity index is 1.88. The fourth-order valence-corrected chi connectivity index (χ4v) is 3.68. The first kappa shape index (κ1) is 16.0. The summed E-state index contributed by atoms with van der Waals surface area (Å²) in [7, 11) is 0. The van der Waals surface area contributed by atoms with Gasteiger partial charge in [-0.15, -0.1) is 0 Å². The van der Waals surface area contributed by atoms with E-state index in [-0.39, 0.29) is 0 Å². The van der Waals surface area contributed by atoms with Gasteiger partial charge in [-0.3, -0.25) is 4.90 Å². The third-order valence-corrected chi connectivity index (χ3v) is 5.37. The molecule has 0 saturated carbocycles. The zero-order valence-electron chi connectivity index (χ0n) is 14.5. The normalized spacial score (nSPS) is 20.6. The molecule has 1 heterocycles. The van der Waals surface area contributed by atoms with Crippen LogP contribution >= 0.6 is 0 Å². The lowest BCUT2D eigenvalue weighted by molar-refractivity contribution is 0.153. The highest BCUT2D eigenvalue weighted by Crippen LogP contribution is 2.33. The van der Waals surface area contributed by atoms with Crippen molar-refractivity contribution >= 4 is 0 Å². The summed E-state index contributed by atoms with van der Waals surface area (Å²) in [5.41, 5.74) is 5.97. The Hall–Kier alpha value is -1.86. The van der Waals surface area contributed by atoms with Crippen LogP contribution in [0.4, 0.5) is 0 Å². The summed E-state index contributed by atoms with van der Waals surface area (Å²) in [6, 6.07) is 22.8. The summed E-state index contributed by atoms with van der Waals surface area (Å²) in [5, 5.41) is 0. The van der Waals surface area contributed by atoms with E-state index in [1.165, 1.54) is 17.5 Å². The van der Waals surface area contributed by atoms with Crippen molar-refractivity contribution in [1.29, 1.82) is 0 Å². The van der Waals surface area contributed by atoms with Gasteiger partial charge in [-0.25, -0.2) is 0 Å². The highest BCUT2D eigenvalue weighted by atomic mass is 15.2. The minimum atomic E-state index is 0.452. The Morgan fingerprint density at radius 3 is 2.22 bits per heavy atom. The molecule has 23 heavy (non-hydrogen) atoms. The molecule has 2 atom stereocenters. The van der Waals surface area contributed by atoms with Gasteiger partial charge in [0.2, 0.25) is 0 Å². The van der Waals surface area contributed by atoms with Gasteiger partial charge in [-0.1, -0.05) is 71.8 Å². The Morgan fingerprint density at radius 2 is 1.57 bits per heavy atom. The molecule has 1 aliphatic rings. The van der Waals surface area contributed by atoms with Crippen molar-refractivity contribution in [2.24, 2.45) is 0 Å². The second kappa shape index (κ2) is 7.14. The van der Waals surface area contributed by atoms with Crippen molar-refractivity contribution in [2.75, 3.05) is 6.54 Å². The van der Waals surface area contributed by atoms with Crippen LogP contribution in [-0.2, 0) is 6.42 Å². The zero-order valence-corrected chi connectivity index (χ0v) is 14.5. The summed E-state index contributed by atoms with van der Waals surface area (Å²) in [5.74, 6) is 0. The van der Waals surface area contributed by atoms with Crippen molar-refractivity contribution in [2.45, 2.75) is 45.7 Å². The molecule has 0 N–H and O–H groups in total. The minimum Gasteiger partial charge on any atom is -0.289 e. The molecule has 1 nitrogen and oxygen atoms in total. The van der Waals surface area contributed by atoms with Gasteiger partial charge in [0.1, 0.15) is 0 Å². The number of hydrogen-bond donors (Lipinski definition) is 0. The summed E-state index contributed by atoms with van der Waals surface area (Å²) >= 11 is 0. The molecule has 0 radical (unpaired) electrons. The van der Waals surface area contributed by atoms with Gasteiger partial charge in [0.25, 0.3) is 0 Å². The van der Waals surface area contributed by atoms with Gasteiger partial charge in [0, 0.05) is 18.6 Å². The molecule has 2 aromatic rings. The van der Waals surface area contributed by atoms with Gasteiger partial charge in [0.15, 0.2) is 0 Å². The molecule has 0 amide bonds. The molecule has 0 unspecified atom stereocenters. The quantitative estimate of drug-likeness (QED) is 0.683. The van der Waals surface area contributed by atoms with Crippen molar-refractivity contribution in [3.05, 3.63) is 82.9 Å². The van der Waals surface area contributed by atoms with Crippen LogP contribution in [0, 0.1) is 0 Å². The fourth-order valence-electron chi connectivity index (χ4n) is 3.68. The average Bonchev–Trinajstić information content (AvgIpc) is 2.60. The fraction of sp³-hybridized carbons (Fsp3) is 0.364. The van der Waals surface area contributed by atoms with E-state index in [1.54, 1.807) is 11.1 Å². The standard InChI is InChI=1S/C22H27N/c1-17-14-15-23(19(3)21-12-8-5-9-13-21)22(18(17)2)16-20-10-6-4-7-11-20/h4-13,19,22H,14-16H2,1-3H3/t19-,22-/m1/s1. The first-order chi connectivity index (χ1) is 11.2. The second-order valence-electron chi connectivity index (χ2n) is 6.74. The Morgan fingerprint density at radius 1 is 0.957 bits per heavy atom. The highest BCUT2D eigenvalue weighted by molar-refractivity contribution is 5.27. The van der Waals surface area contributed by atoms with Crippen molar-refractivity contribution < 1.29 is 0 Å². The molecule has 1 heteroatoms. The molecular formula is C22H27N. The van der Waals surface area contributed by atoms with E-state index in [2.05, 4.69) is 86.3 Å². The maximum absolute atomic E-state index is 2.69. The number of rotatable bonds is 4. The van der Waals surface area contributed by atoms with E-state index in [0.29, 0.717) is 12.1 Å². The Bertz CT molecular complexity index is 657. The first-order valence-electron chi connectivity index (χ1n) is 8.67. The maximum Gasteiger partial charge on any atom is 0.0353 e. The lowest BCUT2D eigenvalue weighted by Crippen LogP contribution is -2.43. The molecule has 0 aliphatic carbocycles. The minimum absolute atomic E-state index is 0.452. The topological polar surface area (TPSA) is 3.24 Å². The zero-order chi connectivity index (χ0) is 16.2. The van der Waals surface area contributed by atoms with Gasteiger partial charge >= 0.3 is 0 Å². The van der Waals surface area contributed by atoms with E-state index in [0.717, 1.165) is 13.0 Å². The summed E-state index contributed by atoms with van der Waals surface area (Å²) in [6.07, 6.45) is 2.29. The molecule has 120 valence electrons. The van der Waals surface area contributed by atoms with Crippen LogP contribution in [0.1, 0.15) is 44.4 Å². The van der Waals surface area contributed by atoms with Crippen LogP contribution in [-0.4, -0.2) is 17.5 Å². The molecular weight excluding hydrogens is 278 g/mol. The summed E-state index contributed by atoms with van der Waals surface area (Å²) in [4.78, 5) is 2.69. The monoisotopic (exact) mass is 305 g/mol. The number of hydrogen-bond acceptors (Lipinski definition) is 1. The van der Waals surface area contributed by atoms with E-state index < -0.39 is 0 Å². The third-order valence-electron chi connectivity index (χ3n) is 5.37. The van der Waals surface area contributed by atoms with Gasteiger partial charge in [-0.05, 0) is 44.7 Å². The second-order valence-corrected chi connectivity index (χ2v) is 6.74. The maximum atomic E-state index is 2.69. The smallest absolute Gasteiger partial charge is 0.0353 e. The van der Waals surface area contributed by atoms with Crippen LogP contribution in [0.2, 0.25) is 0 Å². The lowest BCUT2D eigenvalue weighted by atomic mass is 9.88. The van der Waals surface area contributed by atoms with Crippen molar-refractivity contribution in [1.82, 2.24) is 4.90 Å². The molecule has 2 aromatic carbocycles. The van der Waals surface area contributed by atoms with Gasteiger partial charge < -0.3 is 0 Å². The average molecular weight is 305 g/mol. The summed E-state index contributed by atoms with van der Waals surface area (Å²) < 4.78 is 0. The molecule has 0 spiro atoms. The molecule has 0 fully saturated rings. The predicted octanol–water partition coefficient (Wildman–Crippen LogP) is 5.40. The van der Waals surface area contributed by atoms with Crippen LogP contribution in [0.25, 0.3) is 0 Å². The number of nitrogens with zero attached hydrogens (tertiary/aromatic N) is 1. The largest absolute Gasteiger partial charge is 0.289 e. The highest BCUT2D eigenvalue weighted by Gasteiger charge is 2.29.